The lowest BCUT2D eigenvalue weighted by atomic mass is 10.2. The van der Waals surface area contributed by atoms with E-state index in [2.05, 4.69) is 6.92 Å². The summed E-state index contributed by atoms with van der Waals surface area (Å²) in [5.74, 6) is 1.00. The van der Waals surface area contributed by atoms with Crippen molar-refractivity contribution in [3.63, 3.8) is 0 Å². The molecule has 3 atom stereocenters. The summed E-state index contributed by atoms with van der Waals surface area (Å²) in [4.78, 5) is 26.9. The maximum atomic E-state index is 12.4. The molecule has 102 valence electrons. The Hall–Kier alpha value is -0.560. The van der Waals surface area contributed by atoms with Gasteiger partial charge in [0.15, 0.2) is 0 Å². The van der Waals surface area contributed by atoms with Crippen molar-refractivity contribution in [2.45, 2.75) is 31.2 Å². The summed E-state index contributed by atoms with van der Waals surface area (Å²) >= 11 is 3.37. The Morgan fingerprint density at radius 1 is 1.28 bits per heavy atom. The van der Waals surface area contributed by atoms with E-state index < -0.39 is 12.0 Å². The second kappa shape index (κ2) is 5.61. The van der Waals surface area contributed by atoms with Crippen molar-refractivity contribution >= 4 is 35.5 Å². The van der Waals surface area contributed by atoms with Crippen LogP contribution in [0.2, 0.25) is 0 Å². The average Bonchev–Trinajstić information content (AvgIpc) is 2.81. The van der Waals surface area contributed by atoms with Gasteiger partial charge in [0.2, 0.25) is 0 Å². The number of urea groups is 1. The molecule has 2 heterocycles. The highest BCUT2D eigenvalue weighted by Crippen LogP contribution is 2.28. The Kier molecular flexibility index (Phi) is 4.32. The molecule has 0 radical (unpaired) electrons. The number of nitrogens with zero attached hydrogens (tertiary/aromatic N) is 2. The predicted molar refractivity (Wildman–Crippen MR) is 74.1 cm³/mol. The summed E-state index contributed by atoms with van der Waals surface area (Å²) in [5.41, 5.74) is 0. The molecule has 2 amide bonds. The number of aliphatic carboxylic acids is 1. The zero-order chi connectivity index (χ0) is 13.3. The summed E-state index contributed by atoms with van der Waals surface area (Å²) in [6, 6.07) is -0.622. The molecule has 2 rings (SSSR count). The van der Waals surface area contributed by atoms with Crippen LogP contribution in [0.25, 0.3) is 0 Å². The number of carbonyl (C=O) groups excluding carboxylic acids is 1. The van der Waals surface area contributed by atoms with E-state index >= 15 is 0 Å². The number of carboxylic acid groups (broad SMARTS) is 1. The molecular weight excluding hydrogens is 272 g/mol. The summed E-state index contributed by atoms with van der Waals surface area (Å²) in [6.07, 6.45) is 0. The minimum Gasteiger partial charge on any atom is -0.480 e. The lowest BCUT2D eigenvalue weighted by Crippen LogP contribution is -2.55. The summed E-state index contributed by atoms with van der Waals surface area (Å²) in [7, 11) is 0. The van der Waals surface area contributed by atoms with E-state index in [0.717, 1.165) is 5.75 Å². The molecule has 0 aromatic carbocycles. The first-order chi connectivity index (χ1) is 8.52. The zero-order valence-corrected chi connectivity index (χ0v) is 12.2. The van der Waals surface area contributed by atoms with E-state index in [1.54, 1.807) is 0 Å². The van der Waals surface area contributed by atoms with Crippen molar-refractivity contribution < 1.29 is 14.7 Å². The van der Waals surface area contributed by atoms with E-state index in [-0.39, 0.29) is 12.1 Å². The van der Waals surface area contributed by atoms with Gasteiger partial charge in [-0.3, -0.25) is 0 Å². The number of hydrogen-bond acceptors (Lipinski definition) is 4. The van der Waals surface area contributed by atoms with E-state index in [1.165, 1.54) is 16.7 Å². The standard InChI is InChI=1S/C11H18N2O3S2/c1-7-8(2)18-4-3-12(7)11(16)13-6-17-5-9(13)10(14)15/h7-9H,3-6H2,1-2H3,(H,14,15)/t7?,8?,9-/m0/s1. The van der Waals surface area contributed by atoms with Gasteiger partial charge in [0.25, 0.3) is 0 Å². The van der Waals surface area contributed by atoms with Crippen molar-refractivity contribution in [1.29, 1.82) is 0 Å². The lowest BCUT2D eigenvalue weighted by Gasteiger charge is -2.40. The number of hydrogen-bond donors (Lipinski definition) is 1. The SMILES string of the molecule is CC1SCCN(C(=O)N2CSC[C@H]2C(=O)O)C1C. The van der Waals surface area contributed by atoms with Gasteiger partial charge in [-0.15, -0.1) is 11.8 Å². The molecule has 18 heavy (non-hydrogen) atoms. The minimum absolute atomic E-state index is 0.118. The van der Waals surface area contributed by atoms with E-state index in [4.69, 9.17) is 5.11 Å². The van der Waals surface area contributed by atoms with Crippen LogP contribution in [0.1, 0.15) is 13.8 Å². The van der Waals surface area contributed by atoms with Crippen molar-refractivity contribution in [2.24, 2.45) is 0 Å². The second-order valence-corrected chi connectivity index (χ2v) is 7.10. The van der Waals surface area contributed by atoms with E-state index in [1.807, 2.05) is 23.6 Å². The Balaban J connectivity index is 2.08. The highest BCUT2D eigenvalue weighted by molar-refractivity contribution is 8.00. The molecule has 2 aliphatic heterocycles. The Labute approximate surface area is 115 Å². The molecule has 0 spiro atoms. The minimum atomic E-state index is -0.902. The van der Waals surface area contributed by atoms with Crippen LogP contribution in [0.3, 0.4) is 0 Å². The summed E-state index contributed by atoms with van der Waals surface area (Å²) in [6.45, 7) is 4.86. The topological polar surface area (TPSA) is 60.9 Å². The van der Waals surface area contributed by atoms with Crippen LogP contribution in [0.15, 0.2) is 0 Å². The van der Waals surface area contributed by atoms with Crippen molar-refractivity contribution in [3.8, 4) is 0 Å². The molecule has 2 aliphatic rings. The van der Waals surface area contributed by atoms with Crippen molar-refractivity contribution in [1.82, 2.24) is 9.80 Å². The summed E-state index contributed by atoms with van der Waals surface area (Å²) < 4.78 is 0. The molecule has 2 unspecified atom stereocenters. The third-order valence-corrected chi connectivity index (χ3v) is 5.89. The number of thioether (sulfide) groups is 2. The molecule has 7 heteroatoms. The first kappa shape index (κ1) is 13.9. The van der Waals surface area contributed by atoms with E-state index in [0.29, 0.717) is 23.4 Å². The third-order valence-electron chi connectivity index (χ3n) is 3.54. The van der Waals surface area contributed by atoms with Crippen LogP contribution in [-0.2, 0) is 4.79 Å². The molecule has 1 N–H and O–H groups in total. The zero-order valence-electron chi connectivity index (χ0n) is 10.5. The average molecular weight is 290 g/mol. The summed E-state index contributed by atoms with van der Waals surface area (Å²) in [5, 5.41) is 9.52. The third kappa shape index (κ3) is 2.56. The lowest BCUT2D eigenvalue weighted by molar-refractivity contribution is -0.141. The molecule has 0 saturated carbocycles. The highest BCUT2D eigenvalue weighted by Gasteiger charge is 2.39. The van der Waals surface area contributed by atoms with Crippen LogP contribution < -0.4 is 0 Å². The van der Waals surface area contributed by atoms with Crippen LogP contribution in [0.4, 0.5) is 4.79 Å². The number of carbonyl (C=O) groups is 2. The molecule has 2 saturated heterocycles. The van der Waals surface area contributed by atoms with Crippen LogP contribution in [-0.4, -0.2) is 68.2 Å². The highest BCUT2D eigenvalue weighted by atomic mass is 32.2. The van der Waals surface area contributed by atoms with E-state index in [9.17, 15) is 9.59 Å². The van der Waals surface area contributed by atoms with Gasteiger partial charge >= 0.3 is 12.0 Å². The second-order valence-electron chi connectivity index (χ2n) is 4.62. The Morgan fingerprint density at radius 2 is 2.00 bits per heavy atom. The fourth-order valence-electron chi connectivity index (χ4n) is 2.20. The largest absolute Gasteiger partial charge is 0.480 e. The number of carboxylic acids is 1. The van der Waals surface area contributed by atoms with Crippen LogP contribution >= 0.6 is 23.5 Å². The molecule has 0 aliphatic carbocycles. The van der Waals surface area contributed by atoms with Crippen LogP contribution in [0.5, 0.6) is 0 Å². The van der Waals surface area contributed by atoms with Gasteiger partial charge in [-0.05, 0) is 6.92 Å². The Morgan fingerprint density at radius 3 is 2.67 bits per heavy atom. The van der Waals surface area contributed by atoms with Gasteiger partial charge in [0.05, 0.1) is 5.88 Å². The normalized spacial score (nSPS) is 32.7. The number of rotatable bonds is 1. The number of amides is 2. The molecule has 0 aromatic rings. The monoisotopic (exact) mass is 290 g/mol. The molecule has 2 fully saturated rings. The maximum Gasteiger partial charge on any atom is 0.327 e. The van der Waals surface area contributed by atoms with Gasteiger partial charge in [-0.2, -0.15) is 11.8 Å². The predicted octanol–water partition coefficient (Wildman–Crippen LogP) is 1.39. The smallest absolute Gasteiger partial charge is 0.327 e. The van der Waals surface area contributed by atoms with Gasteiger partial charge in [0.1, 0.15) is 6.04 Å². The molecule has 0 bridgehead atoms. The van der Waals surface area contributed by atoms with Gasteiger partial charge in [-0.1, -0.05) is 6.92 Å². The fourth-order valence-corrected chi connectivity index (χ4v) is 4.44. The van der Waals surface area contributed by atoms with Crippen molar-refractivity contribution in [3.05, 3.63) is 0 Å². The molecule has 0 aromatic heterocycles. The first-order valence-corrected chi connectivity index (χ1v) is 8.22. The van der Waals surface area contributed by atoms with Crippen molar-refractivity contribution in [2.75, 3.05) is 23.9 Å². The Bertz CT molecular complexity index is 353. The quantitative estimate of drug-likeness (QED) is 0.791. The van der Waals surface area contributed by atoms with Gasteiger partial charge < -0.3 is 14.9 Å². The molecule has 5 nitrogen and oxygen atoms in total. The van der Waals surface area contributed by atoms with Gasteiger partial charge in [-0.25, -0.2) is 9.59 Å². The molecular formula is C11H18N2O3S2. The van der Waals surface area contributed by atoms with Gasteiger partial charge in [0, 0.05) is 29.3 Å². The first-order valence-electron chi connectivity index (χ1n) is 6.01. The van der Waals surface area contributed by atoms with Crippen LogP contribution in [0, 0.1) is 0 Å². The fraction of sp³-hybridized carbons (Fsp3) is 0.818. The maximum absolute atomic E-state index is 12.4.